The SMILES string of the molecule is C#Cc1cn([C@@H]2O[C@H](CO)[C@@H](O)C2F)c(=O)nc1N. The number of hydrogen-bond donors (Lipinski definition) is 3. The Balaban J connectivity index is 2.44. The number of nitrogens with zero attached hydrogens (tertiary/aromatic N) is 2. The van der Waals surface area contributed by atoms with E-state index in [1.165, 1.54) is 0 Å². The molecule has 0 amide bonds. The molecule has 1 aromatic rings. The summed E-state index contributed by atoms with van der Waals surface area (Å²) < 4.78 is 19.8. The third-order valence-electron chi connectivity index (χ3n) is 2.88. The predicted molar refractivity (Wildman–Crippen MR) is 62.7 cm³/mol. The number of hydrogen-bond acceptors (Lipinski definition) is 6. The van der Waals surface area contributed by atoms with Crippen molar-refractivity contribution in [1.29, 1.82) is 0 Å². The number of nitrogen functional groups attached to an aromatic ring is 1. The van der Waals surface area contributed by atoms with Gasteiger partial charge in [0.05, 0.1) is 12.2 Å². The number of nitrogens with two attached hydrogens (primary N) is 1. The number of anilines is 1. The molecule has 0 saturated carbocycles. The highest BCUT2D eigenvalue weighted by atomic mass is 19.1. The van der Waals surface area contributed by atoms with Crippen LogP contribution in [0.1, 0.15) is 11.8 Å². The summed E-state index contributed by atoms with van der Waals surface area (Å²) in [7, 11) is 0. The van der Waals surface area contributed by atoms with Gasteiger partial charge in [0.15, 0.2) is 12.4 Å². The lowest BCUT2D eigenvalue weighted by Gasteiger charge is -2.16. The minimum Gasteiger partial charge on any atom is -0.394 e. The maximum absolute atomic E-state index is 13.9. The fraction of sp³-hybridized carbons (Fsp3) is 0.455. The third kappa shape index (κ3) is 2.19. The van der Waals surface area contributed by atoms with E-state index in [9.17, 15) is 14.3 Å². The van der Waals surface area contributed by atoms with Crippen molar-refractivity contribution in [2.24, 2.45) is 0 Å². The monoisotopic (exact) mass is 269 g/mol. The quantitative estimate of drug-likeness (QED) is 0.557. The molecule has 0 spiro atoms. The number of aliphatic hydroxyl groups excluding tert-OH is 2. The van der Waals surface area contributed by atoms with Crippen LogP contribution in [0.15, 0.2) is 11.0 Å². The Hall–Kier alpha value is -1.95. The molecule has 1 aliphatic heterocycles. The Morgan fingerprint density at radius 3 is 2.89 bits per heavy atom. The molecule has 0 bridgehead atoms. The number of halogens is 1. The Bertz CT molecular complexity index is 582. The average Bonchev–Trinajstić information content (AvgIpc) is 2.67. The number of aliphatic hydroxyl groups is 2. The van der Waals surface area contributed by atoms with Gasteiger partial charge in [0, 0.05) is 6.20 Å². The van der Waals surface area contributed by atoms with Crippen LogP contribution in [0.4, 0.5) is 10.2 Å². The molecule has 1 unspecified atom stereocenters. The lowest BCUT2D eigenvalue weighted by atomic mass is 10.1. The van der Waals surface area contributed by atoms with E-state index in [1.54, 1.807) is 0 Å². The maximum Gasteiger partial charge on any atom is 0.351 e. The van der Waals surface area contributed by atoms with Gasteiger partial charge in [0.25, 0.3) is 0 Å². The van der Waals surface area contributed by atoms with Gasteiger partial charge in [0.2, 0.25) is 0 Å². The molecule has 2 rings (SSSR count). The second-order valence-corrected chi connectivity index (χ2v) is 4.06. The molecule has 1 saturated heterocycles. The standard InChI is InChI=1S/C11H12FN3O4/c1-2-5-3-15(11(18)14-9(5)13)10-7(12)8(17)6(4-16)19-10/h1,3,6-8,10,16-17H,4H2,(H2,13,14,18)/t6-,7?,8-,10-/m1/s1. The fourth-order valence-corrected chi connectivity index (χ4v) is 1.85. The van der Waals surface area contributed by atoms with Crippen LogP contribution in [0.2, 0.25) is 0 Å². The van der Waals surface area contributed by atoms with Crippen LogP contribution in [0.5, 0.6) is 0 Å². The smallest absolute Gasteiger partial charge is 0.351 e. The second-order valence-electron chi connectivity index (χ2n) is 4.06. The maximum atomic E-state index is 13.9. The summed E-state index contributed by atoms with van der Waals surface area (Å²) >= 11 is 0. The Morgan fingerprint density at radius 2 is 2.37 bits per heavy atom. The molecule has 1 aromatic heterocycles. The molecule has 19 heavy (non-hydrogen) atoms. The zero-order valence-electron chi connectivity index (χ0n) is 9.73. The highest BCUT2D eigenvalue weighted by Gasteiger charge is 2.45. The van der Waals surface area contributed by atoms with E-state index < -0.39 is 36.9 Å². The highest BCUT2D eigenvalue weighted by Crippen LogP contribution is 2.30. The summed E-state index contributed by atoms with van der Waals surface area (Å²) in [5.41, 5.74) is 4.68. The van der Waals surface area contributed by atoms with Gasteiger partial charge < -0.3 is 20.7 Å². The van der Waals surface area contributed by atoms with Crippen molar-refractivity contribution >= 4 is 5.82 Å². The van der Waals surface area contributed by atoms with Crippen LogP contribution >= 0.6 is 0 Å². The molecule has 0 radical (unpaired) electrons. The molecule has 0 aromatic carbocycles. The normalized spacial score (nSPS) is 30.2. The zero-order chi connectivity index (χ0) is 14.2. The summed E-state index contributed by atoms with van der Waals surface area (Å²) in [4.78, 5) is 15.1. The van der Waals surface area contributed by atoms with Gasteiger partial charge >= 0.3 is 5.69 Å². The van der Waals surface area contributed by atoms with E-state index in [4.69, 9.17) is 22.0 Å². The van der Waals surface area contributed by atoms with Crippen LogP contribution < -0.4 is 11.4 Å². The predicted octanol–water partition coefficient (Wildman–Crippen LogP) is -1.60. The van der Waals surface area contributed by atoms with E-state index >= 15 is 0 Å². The largest absolute Gasteiger partial charge is 0.394 e. The molecule has 0 aliphatic carbocycles. The molecule has 4 N–H and O–H groups in total. The van der Waals surface area contributed by atoms with Crippen LogP contribution in [0.3, 0.4) is 0 Å². The van der Waals surface area contributed by atoms with Gasteiger partial charge in [-0.25, -0.2) is 9.18 Å². The van der Waals surface area contributed by atoms with E-state index in [0.717, 1.165) is 10.8 Å². The van der Waals surface area contributed by atoms with Crippen LogP contribution in [-0.4, -0.2) is 44.8 Å². The van der Waals surface area contributed by atoms with Gasteiger partial charge in [-0.15, -0.1) is 6.42 Å². The van der Waals surface area contributed by atoms with Crippen molar-refractivity contribution < 1.29 is 19.3 Å². The summed E-state index contributed by atoms with van der Waals surface area (Å²) in [6, 6.07) is 0. The highest BCUT2D eigenvalue weighted by molar-refractivity contribution is 5.47. The number of terminal acetylenes is 1. The van der Waals surface area contributed by atoms with Gasteiger partial charge in [0.1, 0.15) is 18.0 Å². The number of alkyl halides is 1. The topological polar surface area (TPSA) is 111 Å². The summed E-state index contributed by atoms with van der Waals surface area (Å²) in [6.07, 6.45) is 0.376. The van der Waals surface area contributed by atoms with Crippen LogP contribution in [-0.2, 0) is 4.74 Å². The van der Waals surface area contributed by atoms with E-state index in [2.05, 4.69) is 10.9 Å². The van der Waals surface area contributed by atoms with Gasteiger partial charge in [-0.3, -0.25) is 4.57 Å². The van der Waals surface area contributed by atoms with E-state index in [1.807, 2.05) is 0 Å². The first-order valence-corrected chi connectivity index (χ1v) is 5.43. The number of ether oxygens (including phenoxy) is 1. The number of aromatic nitrogens is 2. The van der Waals surface area contributed by atoms with Gasteiger partial charge in [-0.05, 0) is 0 Å². The minimum atomic E-state index is -1.88. The molecule has 7 nitrogen and oxygen atoms in total. The fourth-order valence-electron chi connectivity index (χ4n) is 1.85. The Morgan fingerprint density at radius 1 is 1.68 bits per heavy atom. The molecular formula is C11H12FN3O4. The Kier molecular flexibility index (Phi) is 3.53. The summed E-state index contributed by atoms with van der Waals surface area (Å²) in [5, 5.41) is 18.4. The minimum absolute atomic E-state index is 0.109. The molecule has 102 valence electrons. The molecule has 1 aliphatic rings. The van der Waals surface area contributed by atoms with Crippen molar-refractivity contribution in [2.75, 3.05) is 12.3 Å². The zero-order valence-corrected chi connectivity index (χ0v) is 9.73. The van der Waals surface area contributed by atoms with E-state index in [-0.39, 0.29) is 11.4 Å². The van der Waals surface area contributed by atoms with Crippen molar-refractivity contribution in [2.45, 2.75) is 24.6 Å². The van der Waals surface area contributed by atoms with Crippen molar-refractivity contribution in [3.05, 3.63) is 22.2 Å². The lowest BCUT2D eigenvalue weighted by Crippen LogP contribution is -2.34. The van der Waals surface area contributed by atoms with Crippen molar-refractivity contribution in [3.63, 3.8) is 0 Å². The summed E-state index contributed by atoms with van der Waals surface area (Å²) in [5.74, 6) is 2.06. The first-order chi connectivity index (χ1) is 8.99. The van der Waals surface area contributed by atoms with Crippen molar-refractivity contribution in [3.8, 4) is 12.3 Å². The second kappa shape index (κ2) is 4.97. The first-order valence-electron chi connectivity index (χ1n) is 5.43. The van der Waals surface area contributed by atoms with Crippen molar-refractivity contribution in [1.82, 2.24) is 9.55 Å². The molecular weight excluding hydrogens is 257 g/mol. The molecule has 2 heterocycles. The summed E-state index contributed by atoms with van der Waals surface area (Å²) in [6.45, 7) is -0.572. The molecule has 8 heteroatoms. The third-order valence-corrected chi connectivity index (χ3v) is 2.88. The molecule has 1 fully saturated rings. The lowest BCUT2D eigenvalue weighted by molar-refractivity contribution is -0.0491. The molecule has 4 atom stereocenters. The average molecular weight is 269 g/mol. The van der Waals surface area contributed by atoms with Gasteiger partial charge in [-0.1, -0.05) is 5.92 Å². The van der Waals surface area contributed by atoms with Gasteiger partial charge in [-0.2, -0.15) is 4.98 Å². The number of rotatable bonds is 2. The first kappa shape index (κ1) is 13.5. The van der Waals surface area contributed by atoms with Crippen LogP contribution in [0.25, 0.3) is 0 Å². The van der Waals surface area contributed by atoms with E-state index in [0.29, 0.717) is 0 Å². The Labute approximate surface area is 107 Å². The van der Waals surface area contributed by atoms with Crippen LogP contribution in [0, 0.1) is 12.3 Å².